The lowest BCUT2D eigenvalue weighted by Crippen LogP contribution is -2.65. The summed E-state index contributed by atoms with van der Waals surface area (Å²) < 4.78 is 4.96. The Balaban J connectivity index is 1.49. The number of ether oxygens (including phenoxy) is 1. The Morgan fingerprint density at radius 2 is 2.00 bits per heavy atom. The Morgan fingerprint density at radius 3 is 2.81 bits per heavy atom. The number of carbonyl (C=O) groups excluding carboxylic acids is 2. The predicted octanol–water partition coefficient (Wildman–Crippen LogP) is 2.71. The molecule has 0 saturated carbocycles. The quantitative estimate of drug-likeness (QED) is 0.708. The number of piperidine rings is 3. The highest BCUT2D eigenvalue weighted by Crippen LogP contribution is 2.43. The summed E-state index contributed by atoms with van der Waals surface area (Å²) in [5.41, 5.74) is 1.67. The second-order valence-electron chi connectivity index (χ2n) is 8.93. The van der Waals surface area contributed by atoms with Crippen LogP contribution in [0.3, 0.4) is 0 Å². The minimum absolute atomic E-state index is 0.169. The van der Waals surface area contributed by atoms with E-state index in [-0.39, 0.29) is 12.1 Å². The molecule has 31 heavy (non-hydrogen) atoms. The first kappa shape index (κ1) is 20.0. The molecule has 1 aromatic heterocycles. The number of anilines is 1. The van der Waals surface area contributed by atoms with Crippen LogP contribution in [0.25, 0.3) is 0 Å². The van der Waals surface area contributed by atoms with Gasteiger partial charge in [-0.25, -0.2) is 14.8 Å². The number of amides is 1. The largest absolute Gasteiger partial charge is 0.465 e. The van der Waals surface area contributed by atoms with Crippen LogP contribution < -0.4 is 4.90 Å². The van der Waals surface area contributed by atoms with Gasteiger partial charge in [-0.15, -0.1) is 0 Å². The van der Waals surface area contributed by atoms with E-state index < -0.39 is 5.97 Å². The van der Waals surface area contributed by atoms with Gasteiger partial charge in [-0.1, -0.05) is 30.3 Å². The van der Waals surface area contributed by atoms with E-state index in [9.17, 15) is 9.59 Å². The van der Waals surface area contributed by atoms with Crippen LogP contribution in [0, 0.1) is 11.8 Å². The van der Waals surface area contributed by atoms with Crippen molar-refractivity contribution in [1.29, 1.82) is 0 Å². The van der Waals surface area contributed by atoms with Gasteiger partial charge in [0.2, 0.25) is 5.91 Å². The van der Waals surface area contributed by atoms with Crippen molar-refractivity contribution >= 4 is 17.7 Å². The third-order valence-electron chi connectivity index (χ3n) is 7.18. The molecule has 4 heterocycles. The molecule has 162 valence electrons. The van der Waals surface area contributed by atoms with E-state index in [4.69, 9.17) is 4.74 Å². The summed E-state index contributed by atoms with van der Waals surface area (Å²) in [5.74, 6) is 1.25. The molecule has 4 atom stereocenters. The second-order valence-corrected chi connectivity index (χ2v) is 8.93. The van der Waals surface area contributed by atoms with Gasteiger partial charge in [0.25, 0.3) is 0 Å². The molecule has 3 aliphatic heterocycles. The van der Waals surface area contributed by atoms with Crippen LogP contribution in [0.2, 0.25) is 0 Å². The molecule has 3 aliphatic rings. The molecule has 0 aliphatic carbocycles. The number of fused-ring (bicyclic) bond motifs is 4. The van der Waals surface area contributed by atoms with Crippen LogP contribution in [0.4, 0.5) is 5.82 Å². The van der Waals surface area contributed by atoms with Gasteiger partial charge in [0.15, 0.2) is 0 Å². The van der Waals surface area contributed by atoms with Gasteiger partial charge in [0.1, 0.15) is 17.7 Å². The summed E-state index contributed by atoms with van der Waals surface area (Å²) >= 11 is 0. The van der Waals surface area contributed by atoms with Gasteiger partial charge in [-0.05, 0) is 43.1 Å². The standard InChI is InChI=1S/C24H28N4O3/c1-31-24(30)19-12-25-15-26-23(19)27-13-17-11-18(14-27)21(10-16-6-3-2-4-7-16)28-20(17)8-5-9-22(28)29/h2-4,6-7,12,15,17-18,20-21H,5,8-11,13-14H2,1H3/t17-,18+,20+,21+/m1/s1. The van der Waals surface area contributed by atoms with E-state index in [2.05, 4.69) is 44.0 Å². The Morgan fingerprint density at radius 1 is 1.19 bits per heavy atom. The smallest absolute Gasteiger partial charge is 0.343 e. The lowest BCUT2D eigenvalue weighted by molar-refractivity contribution is -0.148. The highest BCUT2D eigenvalue weighted by Gasteiger charge is 2.49. The van der Waals surface area contributed by atoms with Crippen molar-refractivity contribution in [3.8, 4) is 0 Å². The van der Waals surface area contributed by atoms with E-state index in [1.54, 1.807) is 0 Å². The first-order valence-corrected chi connectivity index (χ1v) is 11.1. The number of hydrogen-bond donors (Lipinski definition) is 0. The van der Waals surface area contributed by atoms with Crippen molar-refractivity contribution in [3.05, 3.63) is 54.0 Å². The van der Waals surface area contributed by atoms with E-state index in [0.29, 0.717) is 35.5 Å². The fraction of sp³-hybridized carbons (Fsp3) is 0.500. The highest BCUT2D eigenvalue weighted by atomic mass is 16.5. The number of aromatic nitrogens is 2. The summed E-state index contributed by atoms with van der Waals surface area (Å²) in [6.45, 7) is 1.56. The zero-order chi connectivity index (χ0) is 21.4. The second kappa shape index (κ2) is 8.29. The third-order valence-corrected chi connectivity index (χ3v) is 7.18. The van der Waals surface area contributed by atoms with Crippen LogP contribution in [0.1, 0.15) is 41.6 Å². The minimum Gasteiger partial charge on any atom is -0.465 e. The Bertz CT molecular complexity index is 966. The first-order valence-electron chi connectivity index (χ1n) is 11.1. The maximum atomic E-state index is 13.0. The highest BCUT2D eigenvalue weighted by molar-refractivity contribution is 5.94. The fourth-order valence-corrected chi connectivity index (χ4v) is 5.90. The van der Waals surface area contributed by atoms with E-state index in [0.717, 1.165) is 38.8 Å². The molecule has 0 unspecified atom stereocenters. The molecule has 3 saturated heterocycles. The minimum atomic E-state index is -0.415. The molecule has 0 radical (unpaired) electrons. The molecular weight excluding hydrogens is 392 g/mol. The monoisotopic (exact) mass is 420 g/mol. The van der Waals surface area contributed by atoms with Crippen molar-refractivity contribution in [1.82, 2.24) is 14.9 Å². The van der Waals surface area contributed by atoms with Gasteiger partial charge < -0.3 is 14.5 Å². The number of benzene rings is 1. The molecule has 0 N–H and O–H groups in total. The van der Waals surface area contributed by atoms with E-state index >= 15 is 0 Å². The van der Waals surface area contributed by atoms with Crippen LogP contribution >= 0.6 is 0 Å². The normalized spacial score (nSPS) is 27.6. The number of rotatable bonds is 4. The average molecular weight is 421 g/mol. The SMILES string of the molecule is COC(=O)c1cncnc1N1C[C@H]2C[C@@H](C1)[C@H](Cc1ccccc1)N1C(=O)CCC[C@@H]21. The maximum absolute atomic E-state index is 13.0. The molecule has 1 amide bonds. The first-order chi connectivity index (χ1) is 15.2. The van der Waals surface area contributed by atoms with Crippen LogP contribution in [-0.2, 0) is 16.0 Å². The average Bonchev–Trinajstić information content (AvgIpc) is 2.82. The van der Waals surface area contributed by atoms with Crippen LogP contribution in [-0.4, -0.2) is 59.0 Å². The maximum Gasteiger partial charge on any atom is 0.343 e. The summed E-state index contributed by atoms with van der Waals surface area (Å²) in [6.07, 6.45) is 7.67. The Labute approximate surface area is 182 Å². The fourth-order valence-electron chi connectivity index (χ4n) is 5.90. The molecule has 3 fully saturated rings. The summed E-state index contributed by atoms with van der Waals surface area (Å²) in [6, 6.07) is 10.9. The van der Waals surface area contributed by atoms with Crippen molar-refractivity contribution in [2.24, 2.45) is 11.8 Å². The summed E-state index contributed by atoms with van der Waals surface area (Å²) in [7, 11) is 1.38. The van der Waals surface area contributed by atoms with Gasteiger partial charge in [-0.2, -0.15) is 0 Å². The number of hydrogen-bond acceptors (Lipinski definition) is 6. The van der Waals surface area contributed by atoms with Crippen molar-refractivity contribution in [2.45, 2.75) is 44.2 Å². The molecule has 2 bridgehead atoms. The molecule has 1 aromatic carbocycles. The number of carbonyl (C=O) groups is 2. The lowest BCUT2D eigenvalue weighted by Gasteiger charge is -2.57. The van der Waals surface area contributed by atoms with Crippen molar-refractivity contribution in [2.75, 3.05) is 25.1 Å². The molecule has 2 aromatic rings. The zero-order valence-electron chi connectivity index (χ0n) is 17.8. The number of nitrogens with zero attached hydrogens (tertiary/aromatic N) is 4. The third kappa shape index (κ3) is 3.66. The number of methoxy groups -OCH3 is 1. The molecular formula is C24H28N4O3. The summed E-state index contributed by atoms with van der Waals surface area (Å²) in [5, 5.41) is 0. The summed E-state index contributed by atoms with van der Waals surface area (Å²) in [4.78, 5) is 38.3. The Kier molecular flexibility index (Phi) is 5.34. The van der Waals surface area contributed by atoms with Crippen molar-refractivity contribution < 1.29 is 14.3 Å². The molecule has 0 spiro atoms. The van der Waals surface area contributed by atoms with Crippen molar-refractivity contribution in [3.63, 3.8) is 0 Å². The molecule has 5 rings (SSSR count). The van der Waals surface area contributed by atoms with Crippen LogP contribution in [0.15, 0.2) is 42.9 Å². The predicted molar refractivity (Wildman–Crippen MR) is 116 cm³/mol. The van der Waals surface area contributed by atoms with Crippen LogP contribution in [0.5, 0.6) is 0 Å². The van der Waals surface area contributed by atoms with Gasteiger partial charge in [0, 0.05) is 37.8 Å². The zero-order valence-corrected chi connectivity index (χ0v) is 17.8. The van der Waals surface area contributed by atoms with Gasteiger partial charge in [0.05, 0.1) is 7.11 Å². The molecule has 7 heteroatoms. The van der Waals surface area contributed by atoms with E-state index in [1.807, 2.05) is 6.07 Å². The van der Waals surface area contributed by atoms with Gasteiger partial charge >= 0.3 is 5.97 Å². The molecule has 7 nitrogen and oxygen atoms in total. The lowest BCUT2D eigenvalue weighted by atomic mass is 9.70. The van der Waals surface area contributed by atoms with E-state index in [1.165, 1.54) is 25.2 Å². The topological polar surface area (TPSA) is 75.6 Å². The van der Waals surface area contributed by atoms with Gasteiger partial charge in [-0.3, -0.25) is 4.79 Å². The number of esters is 1. The Hall–Kier alpha value is -2.96.